The molecule has 0 unspecified atom stereocenters. The van der Waals surface area contributed by atoms with Gasteiger partial charge in [-0.25, -0.2) is 0 Å². The Morgan fingerprint density at radius 1 is 1.00 bits per heavy atom. The predicted octanol–water partition coefficient (Wildman–Crippen LogP) is 5.78. The Hall–Kier alpha value is -3.58. The molecular formula is C24H20N2O4S. The summed E-state index contributed by atoms with van der Waals surface area (Å²) in [6.45, 7) is 0. The summed E-state index contributed by atoms with van der Waals surface area (Å²) in [4.78, 5) is 5.07. The smallest absolute Gasteiger partial charge is 0.223 e. The Bertz CT molecular complexity index is 1210. The van der Waals surface area contributed by atoms with Gasteiger partial charge in [0.1, 0.15) is 29.1 Å². The largest absolute Gasteiger partial charge is 0.495 e. The van der Waals surface area contributed by atoms with E-state index in [9.17, 15) is 5.11 Å². The summed E-state index contributed by atoms with van der Waals surface area (Å²) in [7, 11) is 1.61. The Morgan fingerprint density at radius 3 is 2.61 bits per heavy atom. The molecule has 6 nitrogen and oxygen atoms in total. The van der Waals surface area contributed by atoms with Crippen LogP contribution in [0.25, 0.3) is 10.4 Å². The molecule has 0 bridgehead atoms. The molecule has 2 aromatic heterocycles. The van der Waals surface area contributed by atoms with E-state index in [0.29, 0.717) is 11.5 Å². The van der Waals surface area contributed by atoms with Crippen LogP contribution in [0.2, 0.25) is 0 Å². The zero-order chi connectivity index (χ0) is 21.2. The molecule has 0 saturated carbocycles. The number of hydrogen-bond donors (Lipinski definition) is 1. The van der Waals surface area contributed by atoms with E-state index in [-0.39, 0.29) is 12.0 Å². The fourth-order valence-corrected chi connectivity index (χ4v) is 4.40. The number of fused-ring (bicyclic) bond motifs is 1. The van der Waals surface area contributed by atoms with Crippen LogP contribution in [-0.4, -0.2) is 21.6 Å². The van der Waals surface area contributed by atoms with Crippen LogP contribution in [0.4, 0.5) is 0 Å². The van der Waals surface area contributed by atoms with Crippen molar-refractivity contribution in [3.63, 3.8) is 0 Å². The van der Waals surface area contributed by atoms with Gasteiger partial charge in [0, 0.05) is 17.7 Å². The van der Waals surface area contributed by atoms with Crippen LogP contribution < -0.4 is 14.2 Å². The molecule has 5 rings (SSSR count). The van der Waals surface area contributed by atoms with Gasteiger partial charge in [-0.3, -0.25) is 4.98 Å². The lowest BCUT2D eigenvalue weighted by Gasteiger charge is -2.16. The van der Waals surface area contributed by atoms with Crippen molar-refractivity contribution >= 4 is 11.5 Å². The second-order valence-corrected chi connectivity index (χ2v) is 8.01. The summed E-state index contributed by atoms with van der Waals surface area (Å²) < 4.78 is 21.5. The minimum absolute atomic E-state index is 0.0275. The van der Waals surface area contributed by atoms with Gasteiger partial charge in [-0.05, 0) is 65.8 Å². The van der Waals surface area contributed by atoms with Crippen LogP contribution in [-0.2, 0) is 6.42 Å². The second kappa shape index (κ2) is 8.28. The number of benzene rings is 2. The maximum atomic E-state index is 9.45. The summed E-state index contributed by atoms with van der Waals surface area (Å²) in [6.07, 6.45) is 5.06. The van der Waals surface area contributed by atoms with E-state index < -0.39 is 0 Å². The molecule has 0 aliphatic heterocycles. The van der Waals surface area contributed by atoms with E-state index in [1.54, 1.807) is 25.6 Å². The van der Waals surface area contributed by atoms with Gasteiger partial charge in [0.2, 0.25) is 5.88 Å². The molecule has 0 fully saturated rings. The van der Waals surface area contributed by atoms with E-state index in [1.165, 1.54) is 11.5 Å². The number of rotatable bonds is 6. The van der Waals surface area contributed by atoms with E-state index in [1.807, 2.05) is 42.5 Å². The lowest BCUT2D eigenvalue weighted by atomic mass is 10.1. The van der Waals surface area contributed by atoms with Gasteiger partial charge in [-0.15, -0.1) is 0 Å². The number of hydrogen-bond acceptors (Lipinski definition) is 7. The van der Waals surface area contributed by atoms with Crippen LogP contribution in [0, 0.1) is 0 Å². The molecule has 156 valence electrons. The first-order valence-corrected chi connectivity index (χ1v) is 10.7. The van der Waals surface area contributed by atoms with E-state index in [2.05, 4.69) is 15.4 Å². The van der Waals surface area contributed by atoms with Crippen molar-refractivity contribution in [2.75, 3.05) is 7.11 Å². The van der Waals surface area contributed by atoms with Gasteiger partial charge < -0.3 is 19.3 Å². The van der Waals surface area contributed by atoms with Crippen molar-refractivity contribution in [3.8, 4) is 39.3 Å². The maximum absolute atomic E-state index is 9.45. The van der Waals surface area contributed by atoms with Crippen LogP contribution in [0.5, 0.6) is 28.9 Å². The third-order valence-electron chi connectivity index (χ3n) is 5.24. The van der Waals surface area contributed by atoms with E-state index in [0.717, 1.165) is 45.9 Å². The summed E-state index contributed by atoms with van der Waals surface area (Å²) >= 11 is 1.27. The molecule has 2 aromatic carbocycles. The molecule has 1 N–H and O–H groups in total. The number of nitrogens with zero attached hydrogens (tertiary/aromatic N) is 2. The first-order valence-electron chi connectivity index (χ1n) is 9.91. The molecule has 0 amide bonds. The Labute approximate surface area is 183 Å². The molecule has 0 radical (unpaired) electrons. The molecule has 7 heteroatoms. The first kappa shape index (κ1) is 19.4. The van der Waals surface area contributed by atoms with Gasteiger partial charge in [-0.1, -0.05) is 12.1 Å². The summed E-state index contributed by atoms with van der Waals surface area (Å²) in [5.41, 5.74) is 3.30. The molecule has 31 heavy (non-hydrogen) atoms. The van der Waals surface area contributed by atoms with Gasteiger partial charge in [0.05, 0.1) is 24.4 Å². The van der Waals surface area contributed by atoms with E-state index >= 15 is 0 Å². The third kappa shape index (κ3) is 4.04. The lowest BCUT2D eigenvalue weighted by molar-refractivity contribution is 0.207. The fraction of sp³-hybridized carbons (Fsp3) is 0.167. The standard InChI is InChI=1S/C24H20N2O4S/c1-28-17-11-18(14-25-13-17)30-21-4-2-3-19-20(21)9-10-22(19)29-16-7-5-15(6-8-16)23-12-24(27)26-31-23/h2-8,11-14,22H,9-10H2,1H3,(H,26,27)/t22-/m1/s1. The molecule has 1 aliphatic carbocycles. The molecule has 0 saturated heterocycles. The number of pyridine rings is 1. The lowest BCUT2D eigenvalue weighted by Crippen LogP contribution is -2.03. The number of ether oxygens (including phenoxy) is 3. The predicted molar refractivity (Wildman–Crippen MR) is 118 cm³/mol. The van der Waals surface area contributed by atoms with Gasteiger partial charge in [-0.2, -0.15) is 4.37 Å². The fourth-order valence-electron chi connectivity index (χ4n) is 3.76. The highest BCUT2D eigenvalue weighted by atomic mass is 32.1. The second-order valence-electron chi connectivity index (χ2n) is 7.21. The van der Waals surface area contributed by atoms with Gasteiger partial charge in [0.15, 0.2) is 0 Å². The zero-order valence-corrected chi connectivity index (χ0v) is 17.6. The third-order valence-corrected chi connectivity index (χ3v) is 6.07. The van der Waals surface area contributed by atoms with E-state index in [4.69, 9.17) is 14.2 Å². The topological polar surface area (TPSA) is 73.7 Å². The molecule has 0 spiro atoms. The van der Waals surface area contributed by atoms with Crippen molar-refractivity contribution in [1.82, 2.24) is 9.36 Å². The van der Waals surface area contributed by atoms with Gasteiger partial charge >= 0.3 is 0 Å². The Balaban J connectivity index is 1.33. The molecule has 2 heterocycles. The van der Waals surface area contributed by atoms with Crippen molar-refractivity contribution < 1.29 is 19.3 Å². The van der Waals surface area contributed by atoms with Crippen molar-refractivity contribution in [2.24, 2.45) is 0 Å². The van der Waals surface area contributed by atoms with Gasteiger partial charge in [0.25, 0.3) is 0 Å². The van der Waals surface area contributed by atoms with Crippen LogP contribution in [0.3, 0.4) is 0 Å². The van der Waals surface area contributed by atoms with Crippen LogP contribution in [0.15, 0.2) is 67.0 Å². The first-order chi connectivity index (χ1) is 15.2. The minimum atomic E-state index is -0.0275. The van der Waals surface area contributed by atoms with Crippen molar-refractivity contribution in [2.45, 2.75) is 18.9 Å². The number of aromatic nitrogens is 2. The Morgan fingerprint density at radius 2 is 1.84 bits per heavy atom. The molecular weight excluding hydrogens is 412 g/mol. The molecule has 4 aromatic rings. The highest BCUT2D eigenvalue weighted by molar-refractivity contribution is 7.09. The highest BCUT2D eigenvalue weighted by Crippen LogP contribution is 2.41. The average Bonchev–Trinajstić information content (AvgIpc) is 3.42. The zero-order valence-electron chi connectivity index (χ0n) is 16.8. The number of methoxy groups -OCH3 is 1. The van der Waals surface area contributed by atoms with Crippen LogP contribution in [0.1, 0.15) is 23.7 Å². The van der Waals surface area contributed by atoms with Crippen LogP contribution >= 0.6 is 11.5 Å². The summed E-state index contributed by atoms with van der Waals surface area (Å²) in [5.74, 6) is 2.97. The summed E-state index contributed by atoms with van der Waals surface area (Å²) in [5, 5.41) is 9.45. The maximum Gasteiger partial charge on any atom is 0.223 e. The summed E-state index contributed by atoms with van der Waals surface area (Å²) in [6, 6.07) is 17.4. The monoisotopic (exact) mass is 432 g/mol. The quantitative estimate of drug-likeness (QED) is 0.416. The Kier molecular flexibility index (Phi) is 5.18. The normalized spacial score (nSPS) is 14.8. The number of aromatic hydroxyl groups is 1. The minimum Gasteiger partial charge on any atom is -0.495 e. The van der Waals surface area contributed by atoms with Crippen molar-refractivity contribution in [3.05, 3.63) is 78.1 Å². The molecule has 1 aliphatic rings. The molecule has 1 atom stereocenters. The SMILES string of the molecule is COc1cncc(Oc2cccc3c2CC[C@H]3Oc2ccc(-c3cc(O)ns3)cc2)c1. The highest BCUT2D eigenvalue weighted by Gasteiger charge is 2.27. The van der Waals surface area contributed by atoms with Crippen molar-refractivity contribution in [1.29, 1.82) is 0 Å². The average molecular weight is 433 g/mol.